The zero-order valence-electron chi connectivity index (χ0n) is 31.8. The van der Waals surface area contributed by atoms with Crippen molar-refractivity contribution in [3.8, 4) is 0 Å². The third-order valence-corrected chi connectivity index (χ3v) is 9.01. The van der Waals surface area contributed by atoms with E-state index in [2.05, 4.69) is 10.6 Å². The molecule has 12 nitrogen and oxygen atoms in total. The van der Waals surface area contributed by atoms with Gasteiger partial charge in [-0.2, -0.15) is 0 Å². The molecule has 0 fully saturated rings. The molecule has 53 heavy (non-hydrogen) atoms. The molecule has 4 N–H and O–H groups in total. The molecule has 2 amide bonds. The molecule has 2 unspecified atom stereocenters. The first kappa shape index (κ1) is 42.2. The number of nitrogens with zero attached hydrogens (tertiary/aromatic N) is 1. The minimum absolute atomic E-state index is 0. The molecule has 15 heteroatoms. The molecule has 0 aliphatic heterocycles. The topological polar surface area (TPSA) is 169 Å². The maximum atomic E-state index is 14.1. The van der Waals surface area contributed by atoms with Crippen LogP contribution >= 0.6 is 7.82 Å². The molecule has 266 valence electrons. The van der Waals surface area contributed by atoms with Gasteiger partial charge < -0.3 is 32.4 Å². The maximum absolute atomic E-state index is 14.1. The number of fused-ring (bicyclic) bond motifs is 2. The third-order valence-electron chi connectivity index (χ3n) is 8.54. The summed E-state index contributed by atoms with van der Waals surface area (Å²) in [5, 5.41) is 7.30. The van der Waals surface area contributed by atoms with Crippen molar-refractivity contribution < 1.29 is 104 Å². The Hall–Kier alpha value is -3.52. The molecule has 0 bridgehead atoms. The number of carbonyl (C=O) groups is 3. The summed E-state index contributed by atoms with van der Waals surface area (Å²) in [6.45, 7) is 2.77. The number of nitrogens with one attached hydrogen (secondary N) is 2. The van der Waals surface area contributed by atoms with Crippen molar-refractivity contribution in [1.29, 1.82) is 0 Å². The average Bonchev–Trinajstić information content (AvgIpc) is 3.71. The van der Waals surface area contributed by atoms with Crippen LogP contribution in [0.1, 0.15) is 55.6 Å². The summed E-state index contributed by atoms with van der Waals surface area (Å²) >= 11 is 0. The van der Waals surface area contributed by atoms with Crippen molar-refractivity contribution in [2.75, 3.05) is 0 Å². The monoisotopic (exact) mass is 757 g/mol. The first-order valence-electron chi connectivity index (χ1n) is 16.1. The number of carbonyl (C=O) groups excluding carboxylic acids is 3. The molecule has 0 spiro atoms. The van der Waals surface area contributed by atoms with E-state index in [0.29, 0.717) is 27.8 Å². The van der Waals surface area contributed by atoms with Crippen LogP contribution in [0.15, 0.2) is 120 Å². The number of rotatable bonds is 12. The molecule has 6 rings (SSSR count). The van der Waals surface area contributed by atoms with E-state index in [0.717, 1.165) is 10.9 Å². The smallest absolute Gasteiger partial charge is 1.00 e. The van der Waals surface area contributed by atoms with Gasteiger partial charge >= 0.3 is 73.0 Å². The fraction of sp³-hybridized carbons (Fsp3) is 0.184. The van der Waals surface area contributed by atoms with Gasteiger partial charge in [0, 0.05) is 29.0 Å². The van der Waals surface area contributed by atoms with Crippen LogP contribution < -0.4 is 69.7 Å². The van der Waals surface area contributed by atoms with Gasteiger partial charge in [0.15, 0.2) is 6.61 Å². The minimum atomic E-state index is -4.80. The summed E-state index contributed by atoms with van der Waals surface area (Å²) in [6, 6.07) is 31.6. The number of ether oxygens (including phenoxy) is 1. The fourth-order valence-electron chi connectivity index (χ4n) is 5.95. The van der Waals surface area contributed by atoms with E-state index in [1.807, 2.05) is 67.6 Å². The third kappa shape index (κ3) is 10.4. The summed E-state index contributed by atoms with van der Waals surface area (Å²) in [6.07, 6.45) is 0.713. The molecule has 2 heterocycles. The number of phosphoric ester groups is 1. The van der Waals surface area contributed by atoms with Gasteiger partial charge in [0.25, 0.3) is 5.91 Å². The Kier molecular flexibility index (Phi) is 14.5. The Balaban J connectivity index is 0.00000261. The Morgan fingerprint density at radius 2 is 1.55 bits per heavy atom. The molecular weight excluding hydrogens is 719 g/mol. The second-order valence-electron chi connectivity index (χ2n) is 12.3. The van der Waals surface area contributed by atoms with Crippen molar-refractivity contribution in [1.82, 2.24) is 15.2 Å². The Labute approximate surface area is 353 Å². The van der Waals surface area contributed by atoms with Crippen molar-refractivity contribution >= 4 is 47.6 Å². The quantitative estimate of drug-likeness (QED) is 0.105. The van der Waals surface area contributed by atoms with Crippen LogP contribution in [0.4, 0.5) is 4.79 Å². The molecule has 0 aliphatic carbocycles. The van der Waals surface area contributed by atoms with Gasteiger partial charge in [-0.15, -0.1) is 0 Å². The summed E-state index contributed by atoms with van der Waals surface area (Å²) < 4.78 is 28.8. The summed E-state index contributed by atoms with van der Waals surface area (Å²) in [4.78, 5) is 60.0. The number of alkyl carbamates (subject to hydrolysis) is 1. The van der Waals surface area contributed by atoms with Crippen LogP contribution in [0.3, 0.4) is 0 Å². The summed E-state index contributed by atoms with van der Waals surface area (Å²) in [7, 11) is -4.80. The minimum Gasteiger partial charge on any atom is -1.00 e. The molecule has 2 aromatic heterocycles. The Morgan fingerprint density at radius 3 is 2.28 bits per heavy atom. The van der Waals surface area contributed by atoms with E-state index in [4.69, 9.17) is 13.7 Å². The van der Waals surface area contributed by atoms with Crippen LogP contribution in [0.2, 0.25) is 0 Å². The van der Waals surface area contributed by atoms with Crippen LogP contribution in [-0.2, 0) is 38.3 Å². The molecule has 2 atom stereocenters. The molecular formula is C38H38N3Na2O9P. The molecule has 0 aliphatic rings. The number of benzene rings is 4. The van der Waals surface area contributed by atoms with Gasteiger partial charge in [0.05, 0.1) is 18.2 Å². The first-order chi connectivity index (χ1) is 24.4. The van der Waals surface area contributed by atoms with Gasteiger partial charge in [-0.25, -0.2) is 9.36 Å². The second kappa shape index (κ2) is 18.2. The number of furan rings is 1. The molecule has 0 radical (unpaired) electrons. The molecule has 4 aromatic carbocycles. The predicted molar refractivity (Wildman–Crippen MR) is 192 cm³/mol. The van der Waals surface area contributed by atoms with Gasteiger partial charge in [-0.05, 0) is 54.8 Å². The van der Waals surface area contributed by atoms with Crippen molar-refractivity contribution in [3.63, 3.8) is 0 Å². The van der Waals surface area contributed by atoms with E-state index in [-0.39, 0.29) is 86.1 Å². The van der Waals surface area contributed by atoms with E-state index in [1.165, 1.54) is 10.6 Å². The molecule has 0 saturated carbocycles. The maximum Gasteiger partial charge on any atom is 1.00 e. The van der Waals surface area contributed by atoms with Crippen LogP contribution in [0.5, 0.6) is 0 Å². The van der Waals surface area contributed by atoms with Crippen molar-refractivity contribution in [2.45, 2.75) is 45.1 Å². The van der Waals surface area contributed by atoms with Gasteiger partial charge in [0.1, 0.15) is 16.9 Å². The standard InChI is InChI=1S/C38H36N3O9P.2Na.2H/c1-25(26-12-4-3-5-13-26)39-36(43)38(2,40-37(44)48-24-30-20-27-14-7-11-19-34(27)50-30)21-29-22-41(33-18-10-9-16-31(29)33)35(42)32-17-8-6-15-28(32)23-49-51(45,46)47;;;;/h3-20,22,25H,21,23-24H2,1-2H3,(H,39,43)(H,40,44)(H2,45,46,47);;;;/q;2*+1;2*-1. The number of hydrogen-bond donors (Lipinski definition) is 4. The van der Waals surface area contributed by atoms with Crippen LogP contribution in [0, 0.1) is 0 Å². The van der Waals surface area contributed by atoms with Crippen molar-refractivity contribution in [3.05, 3.63) is 143 Å². The normalized spacial score (nSPS) is 12.9. The zero-order chi connectivity index (χ0) is 36.2. The average molecular weight is 758 g/mol. The summed E-state index contributed by atoms with van der Waals surface area (Å²) in [5.41, 5.74) is 1.49. The SMILES string of the molecule is CC(NC(=O)C(C)(Cc1cn(C(=O)c2ccccc2COP(=O)(O)O)c2ccccc12)NC(=O)OCc1cc2ccccc2o1)c1ccccc1.[H-].[H-].[Na+].[Na+]. The number of phosphoric acid groups is 1. The van der Waals surface area contributed by atoms with Gasteiger partial charge in [0.2, 0.25) is 5.91 Å². The van der Waals surface area contributed by atoms with E-state index < -0.39 is 43.9 Å². The number of amides is 2. The van der Waals surface area contributed by atoms with E-state index in [9.17, 15) is 28.7 Å². The molecule has 6 aromatic rings. The molecule has 0 saturated heterocycles. The van der Waals surface area contributed by atoms with Crippen LogP contribution in [0.25, 0.3) is 21.9 Å². The van der Waals surface area contributed by atoms with Crippen molar-refractivity contribution in [2.24, 2.45) is 0 Å². The zero-order valence-corrected chi connectivity index (χ0v) is 34.7. The second-order valence-corrected chi connectivity index (χ2v) is 13.6. The van der Waals surface area contributed by atoms with E-state index in [1.54, 1.807) is 55.6 Å². The summed E-state index contributed by atoms with van der Waals surface area (Å²) in [5.74, 6) is -0.532. The number of para-hydroxylation sites is 2. The van der Waals surface area contributed by atoms with Gasteiger partial charge in [-0.1, -0.05) is 84.9 Å². The van der Waals surface area contributed by atoms with Crippen LogP contribution in [-0.4, -0.2) is 37.8 Å². The number of hydrogen-bond acceptors (Lipinski definition) is 7. The van der Waals surface area contributed by atoms with E-state index >= 15 is 0 Å². The Morgan fingerprint density at radius 1 is 0.887 bits per heavy atom. The fourth-order valence-corrected chi connectivity index (χ4v) is 6.25. The Bertz CT molecular complexity index is 2250. The first-order valence-corrected chi connectivity index (χ1v) is 17.6. The number of aromatic nitrogens is 1. The predicted octanol–water partition coefficient (Wildman–Crippen LogP) is 1.02. The van der Waals surface area contributed by atoms with Gasteiger partial charge in [-0.3, -0.25) is 18.7 Å². The largest absolute Gasteiger partial charge is 1.00 e.